The lowest BCUT2D eigenvalue weighted by Gasteiger charge is -2.29. The van der Waals surface area contributed by atoms with Crippen molar-refractivity contribution in [1.82, 2.24) is 4.90 Å². The van der Waals surface area contributed by atoms with Crippen molar-refractivity contribution in [3.63, 3.8) is 0 Å². The number of likely N-dealkylation sites (tertiary alicyclic amines) is 1. The molecule has 0 aromatic heterocycles. The van der Waals surface area contributed by atoms with Gasteiger partial charge in [0.05, 0.1) is 0 Å². The van der Waals surface area contributed by atoms with Crippen LogP contribution in [-0.4, -0.2) is 24.5 Å². The van der Waals surface area contributed by atoms with Crippen LogP contribution < -0.4 is 5.73 Å². The number of hydrogen-bond acceptors (Lipinski definition) is 2. The number of nitrogens with two attached hydrogens (primary N) is 1. The lowest BCUT2D eigenvalue weighted by atomic mass is 9.82. The molecule has 17 heavy (non-hydrogen) atoms. The van der Waals surface area contributed by atoms with Gasteiger partial charge in [0, 0.05) is 12.2 Å². The minimum absolute atomic E-state index is 0.748. The van der Waals surface area contributed by atoms with Crippen LogP contribution in [0.1, 0.15) is 42.7 Å². The summed E-state index contributed by atoms with van der Waals surface area (Å²) in [5, 5.41) is 0. The zero-order valence-corrected chi connectivity index (χ0v) is 10.5. The van der Waals surface area contributed by atoms with E-state index < -0.39 is 0 Å². The van der Waals surface area contributed by atoms with Crippen LogP contribution in [0.2, 0.25) is 0 Å². The number of anilines is 1. The van der Waals surface area contributed by atoms with Gasteiger partial charge in [-0.15, -0.1) is 0 Å². The Bertz CT molecular complexity index is 394. The second-order valence-electron chi connectivity index (χ2n) is 5.56. The van der Waals surface area contributed by atoms with Gasteiger partial charge in [0.25, 0.3) is 0 Å². The molecule has 0 amide bonds. The summed E-state index contributed by atoms with van der Waals surface area (Å²) in [6.45, 7) is 3.87. The van der Waals surface area contributed by atoms with Crippen molar-refractivity contribution in [1.29, 1.82) is 0 Å². The van der Waals surface area contributed by atoms with Crippen molar-refractivity contribution in [2.45, 2.75) is 38.0 Å². The summed E-state index contributed by atoms with van der Waals surface area (Å²) in [7, 11) is 0. The van der Waals surface area contributed by atoms with E-state index in [1.807, 2.05) is 0 Å². The standard InChI is InChI=1S/C15H22N2/c16-14-6-7-15-12(10-14)4-3-5-13(15)11-17-8-1-2-9-17/h6-7,10,13H,1-5,8-9,11,16H2. The Morgan fingerprint density at radius 2 is 2.00 bits per heavy atom. The molecule has 2 aliphatic rings. The molecule has 1 heterocycles. The molecule has 0 spiro atoms. The molecular weight excluding hydrogens is 208 g/mol. The fourth-order valence-electron chi connectivity index (χ4n) is 3.40. The van der Waals surface area contributed by atoms with E-state index in [1.54, 1.807) is 5.56 Å². The smallest absolute Gasteiger partial charge is 0.0316 e. The summed E-state index contributed by atoms with van der Waals surface area (Å²) in [5.74, 6) is 0.748. The molecule has 1 aliphatic heterocycles. The first-order valence-corrected chi connectivity index (χ1v) is 6.93. The number of fused-ring (bicyclic) bond motifs is 1. The molecular formula is C15H22N2. The van der Waals surface area contributed by atoms with E-state index in [2.05, 4.69) is 23.1 Å². The van der Waals surface area contributed by atoms with Crippen LogP contribution >= 0.6 is 0 Å². The topological polar surface area (TPSA) is 29.3 Å². The highest BCUT2D eigenvalue weighted by Gasteiger charge is 2.23. The summed E-state index contributed by atoms with van der Waals surface area (Å²) in [5.41, 5.74) is 9.87. The first kappa shape index (κ1) is 11.1. The first-order valence-electron chi connectivity index (χ1n) is 6.93. The zero-order valence-electron chi connectivity index (χ0n) is 10.5. The number of aryl methyl sites for hydroxylation is 1. The third-order valence-corrected chi connectivity index (χ3v) is 4.28. The molecule has 2 nitrogen and oxygen atoms in total. The molecule has 2 N–H and O–H groups in total. The number of nitrogen functional groups attached to an aromatic ring is 1. The Balaban J connectivity index is 1.78. The Kier molecular flexibility index (Phi) is 3.06. The predicted molar refractivity (Wildman–Crippen MR) is 72.2 cm³/mol. The summed E-state index contributed by atoms with van der Waals surface area (Å²) in [4.78, 5) is 2.64. The van der Waals surface area contributed by atoms with Gasteiger partial charge in [-0.2, -0.15) is 0 Å². The highest BCUT2D eigenvalue weighted by Crippen LogP contribution is 2.33. The van der Waals surface area contributed by atoms with Crippen molar-refractivity contribution < 1.29 is 0 Å². The molecule has 3 rings (SSSR count). The number of rotatable bonds is 2. The molecule has 1 fully saturated rings. The predicted octanol–water partition coefficient (Wildman–Crippen LogP) is 2.78. The van der Waals surface area contributed by atoms with Gasteiger partial charge in [0.2, 0.25) is 0 Å². The van der Waals surface area contributed by atoms with Gasteiger partial charge >= 0.3 is 0 Å². The van der Waals surface area contributed by atoms with Gasteiger partial charge in [-0.25, -0.2) is 0 Å². The first-order chi connectivity index (χ1) is 8.33. The largest absolute Gasteiger partial charge is 0.399 e. The normalized spacial score (nSPS) is 24.8. The van der Waals surface area contributed by atoms with E-state index >= 15 is 0 Å². The average molecular weight is 230 g/mol. The third-order valence-electron chi connectivity index (χ3n) is 4.28. The zero-order chi connectivity index (χ0) is 11.7. The van der Waals surface area contributed by atoms with Crippen LogP contribution in [-0.2, 0) is 6.42 Å². The van der Waals surface area contributed by atoms with Gasteiger partial charge in [0.1, 0.15) is 0 Å². The van der Waals surface area contributed by atoms with E-state index in [4.69, 9.17) is 5.73 Å². The van der Waals surface area contributed by atoms with Crippen LogP contribution in [0, 0.1) is 0 Å². The number of hydrogen-bond donors (Lipinski definition) is 1. The maximum atomic E-state index is 5.88. The average Bonchev–Trinajstić information content (AvgIpc) is 2.82. The van der Waals surface area contributed by atoms with Crippen LogP contribution in [0.15, 0.2) is 18.2 Å². The van der Waals surface area contributed by atoms with Crippen molar-refractivity contribution >= 4 is 5.69 Å². The van der Waals surface area contributed by atoms with Crippen molar-refractivity contribution in [3.05, 3.63) is 29.3 Å². The lowest BCUT2D eigenvalue weighted by Crippen LogP contribution is -2.27. The van der Waals surface area contributed by atoms with Gasteiger partial charge in [-0.3, -0.25) is 0 Å². The summed E-state index contributed by atoms with van der Waals surface area (Å²) in [6, 6.07) is 6.52. The van der Waals surface area contributed by atoms with Crippen molar-refractivity contribution in [2.75, 3.05) is 25.4 Å². The fraction of sp³-hybridized carbons (Fsp3) is 0.600. The molecule has 1 unspecified atom stereocenters. The lowest BCUT2D eigenvalue weighted by molar-refractivity contribution is 0.300. The monoisotopic (exact) mass is 230 g/mol. The van der Waals surface area contributed by atoms with Crippen molar-refractivity contribution in [2.24, 2.45) is 0 Å². The molecule has 1 aromatic carbocycles. The van der Waals surface area contributed by atoms with E-state index in [0.717, 1.165) is 11.6 Å². The van der Waals surface area contributed by atoms with Gasteiger partial charge < -0.3 is 10.6 Å². The molecule has 1 atom stereocenters. The van der Waals surface area contributed by atoms with E-state index in [1.165, 1.54) is 57.3 Å². The third kappa shape index (κ3) is 2.32. The second kappa shape index (κ2) is 4.69. The molecule has 1 aliphatic carbocycles. The maximum Gasteiger partial charge on any atom is 0.0316 e. The molecule has 0 radical (unpaired) electrons. The second-order valence-corrected chi connectivity index (χ2v) is 5.56. The van der Waals surface area contributed by atoms with Crippen LogP contribution in [0.5, 0.6) is 0 Å². The number of nitrogens with zero attached hydrogens (tertiary/aromatic N) is 1. The van der Waals surface area contributed by atoms with E-state index in [-0.39, 0.29) is 0 Å². The van der Waals surface area contributed by atoms with Gasteiger partial charge in [-0.05, 0) is 74.4 Å². The van der Waals surface area contributed by atoms with Gasteiger partial charge in [-0.1, -0.05) is 6.07 Å². The molecule has 0 saturated carbocycles. The van der Waals surface area contributed by atoms with E-state index in [0.29, 0.717) is 0 Å². The Hall–Kier alpha value is -1.02. The number of benzene rings is 1. The SMILES string of the molecule is Nc1ccc2c(c1)CCCC2CN1CCCC1. The van der Waals surface area contributed by atoms with E-state index in [9.17, 15) is 0 Å². The van der Waals surface area contributed by atoms with Crippen LogP contribution in [0.25, 0.3) is 0 Å². The Morgan fingerprint density at radius 1 is 1.18 bits per heavy atom. The quantitative estimate of drug-likeness (QED) is 0.792. The minimum Gasteiger partial charge on any atom is -0.399 e. The summed E-state index contributed by atoms with van der Waals surface area (Å²) in [6.07, 6.45) is 6.68. The Labute approximate surface area is 104 Å². The molecule has 1 aromatic rings. The molecule has 92 valence electrons. The van der Waals surface area contributed by atoms with Crippen molar-refractivity contribution in [3.8, 4) is 0 Å². The summed E-state index contributed by atoms with van der Waals surface area (Å²) >= 11 is 0. The summed E-state index contributed by atoms with van der Waals surface area (Å²) < 4.78 is 0. The van der Waals surface area contributed by atoms with Crippen LogP contribution in [0.3, 0.4) is 0 Å². The molecule has 2 heteroatoms. The molecule has 1 saturated heterocycles. The van der Waals surface area contributed by atoms with Gasteiger partial charge in [0.15, 0.2) is 0 Å². The van der Waals surface area contributed by atoms with Crippen LogP contribution in [0.4, 0.5) is 5.69 Å². The maximum absolute atomic E-state index is 5.88. The highest BCUT2D eigenvalue weighted by atomic mass is 15.1. The molecule has 0 bridgehead atoms. The fourth-order valence-corrected chi connectivity index (χ4v) is 3.40. The Morgan fingerprint density at radius 3 is 2.82 bits per heavy atom. The minimum atomic E-state index is 0.748. The highest BCUT2D eigenvalue weighted by molar-refractivity contribution is 5.47.